The highest BCUT2D eigenvalue weighted by Crippen LogP contribution is 2.18. The average molecular weight is 316 g/mol. The molecule has 24 heavy (non-hydrogen) atoms. The van der Waals surface area contributed by atoms with Gasteiger partial charge in [0.25, 0.3) is 5.78 Å². The summed E-state index contributed by atoms with van der Waals surface area (Å²) >= 11 is 0. The second kappa shape index (κ2) is 6.08. The molecule has 0 amide bonds. The van der Waals surface area contributed by atoms with Crippen LogP contribution in [-0.4, -0.2) is 24.6 Å². The topological polar surface area (TPSA) is 68.0 Å². The zero-order chi connectivity index (χ0) is 16.4. The summed E-state index contributed by atoms with van der Waals surface area (Å²) in [6.07, 6.45) is 3.48. The predicted molar refractivity (Wildman–Crippen MR) is 92.5 cm³/mol. The molecule has 0 atom stereocenters. The van der Waals surface area contributed by atoms with Gasteiger partial charge in [0, 0.05) is 36.3 Å². The molecule has 0 unspecified atom stereocenters. The van der Waals surface area contributed by atoms with E-state index in [4.69, 9.17) is 0 Å². The minimum absolute atomic E-state index is 0.574. The van der Waals surface area contributed by atoms with Crippen molar-refractivity contribution in [1.82, 2.24) is 24.6 Å². The molecule has 0 aliphatic heterocycles. The van der Waals surface area contributed by atoms with Gasteiger partial charge in [0.15, 0.2) is 5.82 Å². The van der Waals surface area contributed by atoms with Crippen molar-refractivity contribution in [3.63, 3.8) is 0 Å². The van der Waals surface area contributed by atoms with Gasteiger partial charge in [-0.2, -0.15) is 9.50 Å². The second-order valence-corrected chi connectivity index (χ2v) is 5.51. The number of anilines is 1. The molecule has 4 aromatic rings. The van der Waals surface area contributed by atoms with Gasteiger partial charge in [-0.3, -0.25) is 4.98 Å². The standard InChI is InChI=1S/C18H16N6/c1-13-10-16(20-11-14-6-3-2-4-7-14)24-18(21-13)22-17(23-24)15-8-5-9-19-12-15/h2-10,12,20H,11H2,1H3. The van der Waals surface area contributed by atoms with Crippen LogP contribution in [0.2, 0.25) is 0 Å². The Morgan fingerprint density at radius 1 is 1.04 bits per heavy atom. The molecule has 0 bridgehead atoms. The van der Waals surface area contributed by atoms with E-state index in [1.54, 1.807) is 16.9 Å². The quantitative estimate of drug-likeness (QED) is 0.626. The highest BCUT2D eigenvalue weighted by molar-refractivity contribution is 5.57. The molecule has 3 heterocycles. The molecule has 6 nitrogen and oxygen atoms in total. The van der Waals surface area contributed by atoms with Gasteiger partial charge in [0.2, 0.25) is 0 Å². The Bertz CT molecular complexity index is 963. The molecule has 0 spiro atoms. The van der Waals surface area contributed by atoms with Crippen LogP contribution >= 0.6 is 0 Å². The zero-order valence-electron chi connectivity index (χ0n) is 13.2. The second-order valence-electron chi connectivity index (χ2n) is 5.51. The number of nitrogens with zero attached hydrogens (tertiary/aromatic N) is 5. The first-order chi connectivity index (χ1) is 11.8. The van der Waals surface area contributed by atoms with E-state index in [9.17, 15) is 0 Å². The molecular formula is C18H16N6. The van der Waals surface area contributed by atoms with Gasteiger partial charge in [-0.05, 0) is 24.6 Å². The van der Waals surface area contributed by atoms with Crippen LogP contribution in [0, 0.1) is 6.92 Å². The Morgan fingerprint density at radius 3 is 2.71 bits per heavy atom. The van der Waals surface area contributed by atoms with E-state index < -0.39 is 0 Å². The van der Waals surface area contributed by atoms with Crippen LogP contribution in [0.3, 0.4) is 0 Å². The van der Waals surface area contributed by atoms with E-state index in [0.717, 1.165) is 17.1 Å². The molecule has 0 radical (unpaired) electrons. The molecule has 0 saturated heterocycles. The summed E-state index contributed by atoms with van der Waals surface area (Å²) in [6, 6.07) is 16.0. The van der Waals surface area contributed by atoms with Crippen LogP contribution in [-0.2, 0) is 6.54 Å². The lowest BCUT2D eigenvalue weighted by molar-refractivity contribution is 0.918. The molecule has 0 aliphatic carbocycles. The van der Waals surface area contributed by atoms with Crippen molar-refractivity contribution in [2.24, 2.45) is 0 Å². The van der Waals surface area contributed by atoms with Crippen molar-refractivity contribution in [2.75, 3.05) is 5.32 Å². The van der Waals surface area contributed by atoms with Gasteiger partial charge >= 0.3 is 0 Å². The molecule has 1 N–H and O–H groups in total. The molecule has 1 aromatic carbocycles. The number of fused-ring (bicyclic) bond motifs is 1. The number of rotatable bonds is 4. The SMILES string of the molecule is Cc1cc(NCc2ccccc2)n2nc(-c3cccnc3)nc2n1. The monoisotopic (exact) mass is 316 g/mol. The predicted octanol–water partition coefficient (Wildman–Crippen LogP) is 3.11. The molecule has 0 fully saturated rings. The van der Waals surface area contributed by atoms with Gasteiger partial charge in [-0.15, -0.1) is 5.10 Å². The normalized spacial score (nSPS) is 10.9. The van der Waals surface area contributed by atoms with Gasteiger partial charge in [-0.1, -0.05) is 30.3 Å². The number of nitrogens with one attached hydrogen (secondary N) is 1. The summed E-state index contributed by atoms with van der Waals surface area (Å²) in [5.74, 6) is 2.05. The van der Waals surface area contributed by atoms with Crippen molar-refractivity contribution in [2.45, 2.75) is 13.5 Å². The van der Waals surface area contributed by atoms with Gasteiger partial charge < -0.3 is 5.32 Å². The number of benzene rings is 1. The van der Waals surface area contributed by atoms with Gasteiger partial charge in [0.05, 0.1) is 0 Å². The summed E-state index contributed by atoms with van der Waals surface area (Å²) in [6.45, 7) is 2.66. The molecule has 6 heteroatoms. The Labute approximate surface area is 139 Å². The lowest BCUT2D eigenvalue weighted by Crippen LogP contribution is -2.06. The van der Waals surface area contributed by atoms with Crippen molar-refractivity contribution in [1.29, 1.82) is 0 Å². The summed E-state index contributed by atoms with van der Waals surface area (Å²) in [7, 11) is 0. The van der Waals surface area contributed by atoms with Crippen LogP contribution in [0.4, 0.5) is 5.82 Å². The molecule has 118 valence electrons. The summed E-state index contributed by atoms with van der Waals surface area (Å²) in [5, 5.41) is 7.99. The van der Waals surface area contributed by atoms with Crippen molar-refractivity contribution in [3.05, 3.63) is 72.2 Å². The summed E-state index contributed by atoms with van der Waals surface area (Å²) in [4.78, 5) is 13.1. The fourth-order valence-corrected chi connectivity index (χ4v) is 2.52. The summed E-state index contributed by atoms with van der Waals surface area (Å²) < 4.78 is 1.73. The van der Waals surface area contributed by atoms with Crippen molar-refractivity contribution >= 4 is 11.6 Å². The first kappa shape index (κ1) is 14.3. The van der Waals surface area contributed by atoms with Crippen molar-refractivity contribution < 1.29 is 0 Å². The number of hydrogen-bond donors (Lipinski definition) is 1. The molecule has 0 saturated carbocycles. The highest BCUT2D eigenvalue weighted by atomic mass is 15.4. The molecular weight excluding hydrogens is 300 g/mol. The van der Waals surface area contributed by atoms with Crippen LogP contribution < -0.4 is 5.32 Å². The first-order valence-corrected chi connectivity index (χ1v) is 7.72. The van der Waals surface area contributed by atoms with Gasteiger partial charge in [0.1, 0.15) is 5.82 Å². The summed E-state index contributed by atoms with van der Waals surface area (Å²) in [5.41, 5.74) is 2.96. The van der Waals surface area contributed by atoms with E-state index in [1.807, 2.05) is 43.3 Å². The third-order valence-corrected chi connectivity index (χ3v) is 3.68. The first-order valence-electron chi connectivity index (χ1n) is 7.72. The van der Waals surface area contributed by atoms with E-state index in [2.05, 4.69) is 37.5 Å². The van der Waals surface area contributed by atoms with E-state index in [1.165, 1.54) is 5.56 Å². The third-order valence-electron chi connectivity index (χ3n) is 3.68. The maximum absolute atomic E-state index is 4.58. The molecule has 0 aliphatic rings. The molecule has 3 aromatic heterocycles. The van der Waals surface area contributed by atoms with E-state index in [-0.39, 0.29) is 0 Å². The van der Waals surface area contributed by atoms with Crippen LogP contribution in [0.5, 0.6) is 0 Å². The lowest BCUT2D eigenvalue weighted by Gasteiger charge is -2.08. The number of hydrogen-bond acceptors (Lipinski definition) is 5. The van der Waals surface area contributed by atoms with Crippen molar-refractivity contribution in [3.8, 4) is 11.4 Å². The Hall–Kier alpha value is -3.28. The number of pyridine rings is 1. The number of aryl methyl sites for hydroxylation is 1. The number of aromatic nitrogens is 5. The van der Waals surface area contributed by atoms with Crippen LogP contribution in [0.15, 0.2) is 60.9 Å². The highest BCUT2D eigenvalue weighted by Gasteiger charge is 2.11. The maximum Gasteiger partial charge on any atom is 0.254 e. The molecule has 4 rings (SSSR count). The fourth-order valence-electron chi connectivity index (χ4n) is 2.52. The Kier molecular flexibility index (Phi) is 3.63. The average Bonchev–Trinajstić information content (AvgIpc) is 3.05. The third kappa shape index (κ3) is 2.81. The largest absolute Gasteiger partial charge is 0.366 e. The van der Waals surface area contributed by atoms with Crippen LogP contribution in [0.25, 0.3) is 17.2 Å². The Balaban J connectivity index is 1.71. The Morgan fingerprint density at radius 2 is 1.92 bits per heavy atom. The van der Waals surface area contributed by atoms with Gasteiger partial charge in [-0.25, -0.2) is 4.98 Å². The van der Waals surface area contributed by atoms with E-state index in [0.29, 0.717) is 18.1 Å². The minimum atomic E-state index is 0.574. The van der Waals surface area contributed by atoms with E-state index >= 15 is 0 Å². The minimum Gasteiger partial charge on any atom is -0.366 e. The lowest BCUT2D eigenvalue weighted by atomic mass is 10.2. The zero-order valence-corrected chi connectivity index (χ0v) is 13.2. The fraction of sp³-hybridized carbons (Fsp3) is 0.111. The van der Waals surface area contributed by atoms with Crippen LogP contribution in [0.1, 0.15) is 11.3 Å². The maximum atomic E-state index is 4.58. The smallest absolute Gasteiger partial charge is 0.254 e.